The van der Waals surface area contributed by atoms with Crippen LogP contribution in [0.1, 0.15) is 31.6 Å². The largest absolute Gasteiger partial charge is 0.359 e. The van der Waals surface area contributed by atoms with E-state index >= 15 is 0 Å². The molecule has 4 aromatic rings. The predicted molar refractivity (Wildman–Crippen MR) is 131 cm³/mol. The molecule has 11 heteroatoms. The number of para-hydroxylation sites is 1. The molecule has 2 aromatic heterocycles. The number of carbonyl (C=O) groups is 2. The van der Waals surface area contributed by atoms with Crippen LogP contribution >= 0.6 is 0 Å². The Balaban J connectivity index is 1.45. The van der Waals surface area contributed by atoms with Gasteiger partial charge in [0, 0.05) is 22.9 Å². The third-order valence-electron chi connectivity index (χ3n) is 6.10. The van der Waals surface area contributed by atoms with Gasteiger partial charge in [0.2, 0.25) is 17.6 Å². The number of rotatable bonds is 6. The van der Waals surface area contributed by atoms with Crippen LogP contribution < -0.4 is 16.0 Å². The minimum Gasteiger partial charge on any atom is -0.359 e. The minimum absolute atomic E-state index is 0.144. The van der Waals surface area contributed by atoms with Crippen molar-refractivity contribution in [2.75, 3.05) is 4.90 Å². The molecule has 184 valence electrons. The van der Waals surface area contributed by atoms with Gasteiger partial charge < -0.3 is 20.5 Å². The number of aromatic amines is 1. The Kier molecular flexibility index (Phi) is 6.06. The van der Waals surface area contributed by atoms with Crippen molar-refractivity contribution in [3.63, 3.8) is 0 Å². The zero-order valence-corrected chi connectivity index (χ0v) is 19.9. The van der Waals surface area contributed by atoms with Gasteiger partial charge in [0.25, 0.3) is 0 Å². The molecule has 0 saturated carbocycles. The molecule has 36 heavy (non-hydrogen) atoms. The summed E-state index contributed by atoms with van der Waals surface area (Å²) in [6, 6.07) is 16.3. The summed E-state index contributed by atoms with van der Waals surface area (Å²) >= 11 is 0. The number of aryl methyl sites for hydroxylation is 1. The number of amides is 2. The quantitative estimate of drug-likeness (QED) is 0.375. The van der Waals surface area contributed by atoms with Crippen molar-refractivity contribution in [3.05, 3.63) is 65.9 Å². The molecule has 5 rings (SSSR count). The second-order valence-corrected chi connectivity index (χ2v) is 9.30. The number of H-pyrrole nitrogens is 1. The number of anilines is 1. The lowest BCUT2D eigenvalue weighted by molar-refractivity contribution is -0.130. The first kappa shape index (κ1) is 23.4. The smallest absolute Gasteiger partial charge is 0.249 e. The van der Waals surface area contributed by atoms with E-state index in [1.54, 1.807) is 24.8 Å². The Bertz CT molecular complexity index is 1390. The Hall–Kier alpha value is -4.38. The maximum absolute atomic E-state index is 13.6. The number of nitrogens with zero attached hydrogens (tertiary/aromatic N) is 5. The molecule has 0 fully saturated rings. The summed E-state index contributed by atoms with van der Waals surface area (Å²) in [5.74, 6) is 0.310. The number of hydrogen-bond donors (Lipinski definition) is 3. The van der Waals surface area contributed by atoms with Gasteiger partial charge in [-0.05, 0) is 43.5 Å². The molecule has 0 bridgehead atoms. The Labute approximate surface area is 207 Å². The molecular weight excluding hydrogens is 460 g/mol. The predicted octanol–water partition coefficient (Wildman–Crippen LogP) is 2.22. The van der Waals surface area contributed by atoms with Crippen LogP contribution in [0.5, 0.6) is 0 Å². The average Bonchev–Trinajstić information content (AvgIpc) is 3.55. The summed E-state index contributed by atoms with van der Waals surface area (Å²) in [4.78, 5) is 27.8. The van der Waals surface area contributed by atoms with Gasteiger partial charge >= 0.3 is 0 Å². The first-order valence-electron chi connectivity index (χ1n) is 11.6. The van der Waals surface area contributed by atoms with E-state index in [0.717, 1.165) is 22.4 Å². The monoisotopic (exact) mass is 486 g/mol. The van der Waals surface area contributed by atoms with Gasteiger partial charge in [-0.15, -0.1) is 10.2 Å². The first-order valence-corrected chi connectivity index (χ1v) is 11.6. The third kappa shape index (κ3) is 4.60. The number of nitrogens with two attached hydrogens (primary N) is 1. The van der Waals surface area contributed by atoms with E-state index in [2.05, 4.69) is 31.1 Å². The molecule has 2 aromatic carbocycles. The highest BCUT2D eigenvalue weighted by atomic mass is 16.5. The molecule has 3 heterocycles. The molecule has 0 spiro atoms. The fraction of sp³-hybridized carbons (Fsp3) is 0.280. The molecule has 4 N–H and O–H groups in total. The third-order valence-corrected chi connectivity index (χ3v) is 6.10. The summed E-state index contributed by atoms with van der Waals surface area (Å²) in [6.07, 6.45) is 1.10. The summed E-state index contributed by atoms with van der Waals surface area (Å²) in [6.45, 7) is 3.36. The zero-order valence-electron chi connectivity index (χ0n) is 19.9. The van der Waals surface area contributed by atoms with Crippen molar-refractivity contribution in [3.8, 4) is 22.6 Å². The van der Waals surface area contributed by atoms with E-state index in [1.807, 2.05) is 48.5 Å². The van der Waals surface area contributed by atoms with E-state index in [9.17, 15) is 9.59 Å². The number of hydrogen-bond acceptors (Lipinski definition) is 8. The van der Waals surface area contributed by atoms with Gasteiger partial charge in [-0.25, -0.2) is 0 Å². The van der Waals surface area contributed by atoms with Gasteiger partial charge in [-0.1, -0.05) is 47.6 Å². The van der Waals surface area contributed by atoms with Crippen LogP contribution in [0.2, 0.25) is 0 Å². The van der Waals surface area contributed by atoms with Crippen LogP contribution in [0.15, 0.2) is 59.1 Å². The first-order chi connectivity index (χ1) is 17.3. The molecule has 0 radical (unpaired) electrons. The fourth-order valence-corrected chi connectivity index (χ4v) is 4.20. The van der Waals surface area contributed by atoms with E-state index in [4.69, 9.17) is 10.3 Å². The molecule has 0 unspecified atom stereocenters. The highest BCUT2D eigenvalue weighted by Crippen LogP contribution is 2.32. The van der Waals surface area contributed by atoms with Gasteiger partial charge in [0.05, 0.1) is 12.1 Å². The van der Waals surface area contributed by atoms with Crippen LogP contribution in [0.25, 0.3) is 22.6 Å². The lowest BCUT2D eigenvalue weighted by Gasteiger charge is -2.27. The molecule has 11 nitrogen and oxygen atoms in total. The minimum atomic E-state index is -1.10. The number of aromatic nitrogens is 5. The maximum atomic E-state index is 13.6. The molecule has 1 aliphatic rings. The summed E-state index contributed by atoms with van der Waals surface area (Å²) in [5.41, 5.74) is 8.73. The molecule has 0 aliphatic carbocycles. The molecule has 2 amide bonds. The topological polar surface area (TPSA) is 156 Å². The van der Waals surface area contributed by atoms with E-state index < -0.39 is 11.6 Å². The lowest BCUT2D eigenvalue weighted by Crippen LogP contribution is -2.56. The number of carbonyl (C=O) groups excluding carboxylic acids is 2. The van der Waals surface area contributed by atoms with Gasteiger partial charge in [-0.3, -0.25) is 9.59 Å². The summed E-state index contributed by atoms with van der Waals surface area (Å²) in [7, 11) is 0. The van der Waals surface area contributed by atoms with Crippen LogP contribution in [0.4, 0.5) is 5.69 Å². The average molecular weight is 487 g/mol. The highest BCUT2D eigenvalue weighted by molar-refractivity contribution is 6.01. The summed E-state index contributed by atoms with van der Waals surface area (Å²) in [5, 5.41) is 21.3. The number of benzene rings is 2. The maximum Gasteiger partial charge on any atom is 0.249 e. The van der Waals surface area contributed by atoms with Crippen molar-refractivity contribution < 1.29 is 14.1 Å². The second kappa shape index (κ2) is 9.34. The normalized spacial score (nSPS) is 15.9. The van der Waals surface area contributed by atoms with E-state index in [1.165, 1.54) is 0 Å². The fourth-order valence-electron chi connectivity index (χ4n) is 4.20. The Morgan fingerprint density at radius 2 is 1.94 bits per heavy atom. The zero-order chi connectivity index (χ0) is 25.3. The SMILES string of the molecule is CC(C)(N)C(=O)N[C@@H]1CCc2ccccc2N(Cc2cc(-c3ccccc3-c3nn[nH]n3)no2)C1=O. The van der Waals surface area contributed by atoms with Crippen LogP contribution in [0.3, 0.4) is 0 Å². The van der Waals surface area contributed by atoms with Crippen molar-refractivity contribution in [1.82, 2.24) is 31.1 Å². The van der Waals surface area contributed by atoms with Gasteiger partial charge in [0.1, 0.15) is 11.7 Å². The summed E-state index contributed by atoms with van der Waals surface area (Å²) < 4.78 is 5.65. The van der Waals surface area contributed by atoms with Crippen molar-refractivity contribution >= 4 is 17.5 Å². The molecular formula is C25H26N8O3. The van der Waals surface area contributed by atoms with Crippen molar-refractivity contribution in [2.24, 2.45) is 5.73 Å². The molecule has 0 saturated heterocycles. The lowest BCUT2D eigenvalue weighted by atomic mass is 10.0. The van der Waals surface area contributed by atoms with Crippen LogP contribution in [-0.4, -0.2) is 49.2 Å². The second-order valence-electron chi connectivity index (χ2n) is 9.30. The highest BCUT2D eigenvalue weighted by Gasteiger charge is 2.34. The van der Waals surface area contributed by atoms with Gasteiger partial charge in [-0.2, -0.15) is 5.21 Å². The van der Waals surface area contributed by atoms with Crippen molar-refractivity contribution in [1.29, 1.82) is 0 Å². The molecule has 1 aliphatic heterocycles. The molecule has 1 atom stereocenters. The van der Waals surface area contributed by atoms with Crippen molar-refractivity contribution in [2.45, 2.75) is 44.8 Å². The Morgan fingerprint density at radius 3 is 2.69 bits per heavy atom. The number of fused-ring (bicyclic) bond motifs is 1. The van der Waals surface area contributed by atoms with Crippen LogP contribution in [0, 0.1) is 0 Å². The number of tetrazole rings is 1. The van der Waals surface area contributed by atoms with E-state index in [-0.39, 0.29) is 18.4 Å². The Morgan fingerprint density at radius 1 is 1.19 bits per heavy atom. The van der Waals surface area contributed by atoms with Gasteiger partial charge in [0.15, 0.2) is 5.76 Å². The van der Waals surface area contributed by atoms with E-state index in [0.29, 0.717) is 30.1 Å². The standard InChI is InChI=1S/C25H26N8O3/c1-25(2,26)24(35)27-19-12-11-15-7-3-6-10-21(15)33(23(19)34)14-16-13-20(30-36-16)17-8-4-5-9-18(17)22-28-31-32-29-22/h3-10,13,19H,11-12,14,26H2,1-2H3,(H,27,35)(H,28,29,31,32)/t19-/m1/s1. The van der Waals surface area contributed by atoms with Crippen LogP contribution in [-0.2, 0) is 22.6 Å². The number of nitrogens with one attached hydrogen (secondary N) is 2.